The van der Waals surface area contributed by atoms with Crippen molar-refractivity contribution < 1.29 is 0 Å². The van der Waals surface area contributed by atoms with Gasteiger partial charge in [-0.15, -0.1) is 0 Å². The summed E-state index contributed by atoms with van der Waals surface area (Å²) in [5.41, 5.74) is 1.90. The highest BCUT2D eigenvalue weighted by Gasteiger charge is 2.14. The van der Waals surface area contributed by atoms with E-state index in [-0.39, 0.29) is 0 Å². The van der Waals surface area contributed by atoms with Gasteiger partial charge in [-0.25, -0.2) is 9.97 Å². The molecule has 0 amide bonds. The van der Waals surface area contributed by atoms with E-state index >= 15 is 0 Å². The van der Waals surface area contributed by atoms with Gasteiger partial charge in [0.1, 0.15) is 11.0 Å². The van der Waals surface area contributed by atoms with Crippen LogP contribution in [0.4, 0.5) is 0 Å². The van der Waals surface area contributed by atoms with E-state index in [1.165, 1.54) is 12.8 Å². The first-order valence-corrected chi connectivity index (χ1v) is 5.24. The average molecular weight is 208 g/mol. The predicted molar refractivity (Wildman–Crippen MR) is 55.5 cm³/mol. The summed E-state index contributed by atoms with van der Waals surface area (Å²) in [4.78, 5) is 8.70. The van der Waals surface area contributed by atoms with Crippen LogP contribution in [0.15, 0.2) is 12.1 Å². The summed E-state index contributed by atoms with van der Waals surface area (Å²) in [6.07, 6.45) is 3.53. The highest BCUT2D eigenvalue weighted by atomic mass is 35.5. The van der Waals surface area contributed by atoms with Crippen molar-refractivity contribution in [3.05, 3.63) is 23.1 Å². The molecule has 1 aliphatic heterocycles. The lowest BCUT2D eigenvalue weighted by Crippen LogP contribution is -2.09. The second-order valence-corrected chi connectivity index (χ2v) is 4.00. The second kappa shape index (κ2) is 2.95. The molecule has 3 heterocycles. The first kappa shape index (κ1) is 8.24. The van der Waals surface area contributed by atoms with E-state index < -0.39 is 0 Å². The average Bonchev–Trinajstić information content (AvgIpc) is 2.54. The smallest absolute Gasteiger partial charge is 0.179 e. The normalized spacial score (nSPS) is 15.8. The first-order valence-electron chi connectivity index (χ1n) is 4.86. The number of nitrogens with zero attached hydrogens (tertiary/aromatic N) is 3. The molecule has 0 spiro atoms. The Morgan fingerprint density at radius 1 is 1.21 bits per heavy atom. The molecular weight excluding hydrogens is 198 g/mol. The summed E-state index contributed by atoms with van der Waals surface area (Å²) < 4.78 is 2.25. The number of aryl methyl sites for hydroxylation is 2. The number of pyridine rings is 1. The highest BCUT2D eigenvalue weighted by Crippen LogP contribution is 2.22. The fraction of sp³-hybridized carbons (Fsp3) is 0.400. The van der Waals surface area contributed by atoms with Gasteiger partial charge in [0, 0.05) is 13.0 Å². The topological polar surface area (TPSA) is 30.7 Å². The van der Waals surface area contributed by atoms with Crippen molar-refractivity contribution in [1.82, 2.24) is 14.5 Å². The molecule has 0 aliphatic carbocycles. The van der Waals surface area contributed by atoms with E-state index in [1.54, 1.807) is 0 Å². The van der Waals surface area contributed by atoms with Gasteiger partial charge < -0.3 is 4.57 Å². The van der Waals surface area contributed by atoms with E-state index in [4.69, 9.17) is 11.6 Å². The van der Waals surface area contributed by atoms with Gasteiger partial charge in [-0.2, -0.15) is 0 Å². The van der Waals surface area contributed by atoms with Gasteiger partial charge >= 0.3 is 0 Å². The molecule has 4 heteroatoms. The van der Waals surface area contributed by atoms with Crippen LogP contribution in [0.1, 0.15) is 18.7 Å². The van der Waals surface area contributed by atoms with E-state index in [9.17, 15) is 0 Å². The molecule has 3 nitrogen and oxygen atoms in total. The molecule has 1 aliphatic rings. The predicted octanol–water partition coefficient (Wildman–Crippen LogP) is 2.42. The standard InChI is InChI=1S/C10H10ClN3/c11-8-5-4-7-10(12-8)13-9-3-1-2-6-14(7)9/h4-5H,1-3,6H2. The Morgan fingerprint density at radius 3 is 3.07 bits per heavy atom. The third kappa shape index (κ3) is 1.12. The van der Waals surface area contributed by atoms with Crippen LogP contribution in [0, 0.1) is 0 Å². The minimum Gasteiger partial charge on any atom is -0.327 e. The van der Waals surface area contributed by atoms with Crippen LogP contribution < -0.4 is 0 Å². The lowest BCUT2D eigenvalue weighted by atomic mass is 10.2. The van der Waals surface area contributed by atoms with Crippen LogP contribution in [0.2, 0.25) is 5.15 Å². The molecule has 0 fully saturated rings. The fourth-order valence-electron chi connectivity index (χ4n) is 2.03. The van der Waals surface area contributed by atoms with Crippen LogP contribution in [0.5, 0.6) is 0 Å². The maximum Gasteiger partial charge on any atom is 0.179 e. The Balaban J connectivity index is 2.31. The van der Waals surface area contributed by atoms with Crippen molar-refractivity contribution in [2.75, 3.05) is 0 Å². The fourth-order valence-corrected chi connectivity index (χ4v) is 2.17. The molecule has 0 N–H and O–H groups in total. The quantitative estimate of drug-likeness (QED) is 0.622. The van der Waals surface area contributed by atoms with Gasteiger partial charge in [-0.05, 0) is 25.0 Å². The van der Waals surface area contributed by atoms with Crippen LogP contribution in [0.3, 0.4) is 0 Å². The Hall–Kier alpha value is -1.09. The lowest BCUT2D eigenvalue weighted by Gasteiger charge is -2.13. The number of halogens is 1. The summed E-state index contributed by atoms with van der Waals surface area (Å²) in [7, 11) is 0. The number of fused-ring (bicyclic) bond motifs is 3. The summed E-state index contributed by atoms with van der Waals surface area (Å²) in [5, 5.41) is 0.521. The van der Waals surface area contributed by atoms with Crippen LogP contribution >= 0.6 is 11.6 Å². The summed E-state index contributed by atoms with van der Waals surface area (Å²) in [5.74, 6) is 1.15. The van der Waals surface area contributed by atoms with Gasteiger partial charge in [-0.3, -0.25) is 0 Å². The number of imidazole rings is 1. The molecule has 14 heavy (non-hydrogen) atoms. The Labute approximate surface area is 86.7 Å². The minimum atomic E-state index is 0.521. The Kier molecular flexibility index (Phi) is 1.74. The summed E-state index contributed by atoms with van der Waals surface area (Å²) in [6.45, 7) is 1.06. The molecule has 72 valence electrons. The Morgan fingerprint density at radius 2 is 2.14 bits per heavy atom. The van der Waals surface area contributed by atoms with Crippen molar-refractivity contribution in [3.8, 4) is 0 Å². The van der Waals surface area contributed by atoms with E-state index in [0.717, 1.165) is 30.0 Å². The molecule has 0 saturated carbocycles. The monoisotopic (exact) mass is 207 g/mol. The van der Waals surface area contributed by atoms with Crippen LogP contribution in [0.25, 0.3) is 11.2 Å². The molecule has 0 saturated heterocycles. The maximum atomic E-state index is 5.82. The molecule has 2 aromatic heterocycles. The molecule has 3 rings (SSSR count). The van der Waals surface area contributed by atoms with E-state index in [2.05, 4.69) is 14.5 Å². The number of hydrogen-bond donors (Lipinski definition) is 0. The van der Waals surface area contributed by atoms with Crippen molar-refractivity contribution in [3.63, 3.8) is 0 Å². The Bertz CT molecular complexity index is 489. The summed E-state index contributed by atoms with van der Waals surface area (Å²) in [6, 6.07) is 3.83. The van der Waals surface area contributed by atoms with E-state index in [0.29, 0.717) is 5.15 Å². The molecule has 2 aromatic rings. The first-order chi connectivity index (χ1) is 6.84. The van der Waals surface area contributed by atoms with Gasteiger partial charge in [0.25, 0.3) is 0 Å². The molecule has 0 radical (unpaired) electrons. The van der Waals surface area contributed by atoms with Gasteiger partial charge in [0.15, 0.2) is 5.65 Å². The largest absolute Gasteiger partial charge is 0.327 e. The number of hydrogen-bond acceptors (Lipinski definition) is 2. The molecule has 0 atom stereocenters. The van der Waals surface area contributed by atoms with Gasteiger partial charge in [0.2, 0.25) is 0 Å². The minimum absolute atomic E-state index is 0.521. The summed E-state index contributed by atoms with van der Waals surface area (Å²) >= 11 is 5.82. The van der Waals surface area contributed by atoms with Gasteiger partial charge in [-0.1, -0.05) is 11.6 Å². The maximum absolute atomic E-state index is 5.82. The van der Waals surface area contributed by atoms with Crippen molar-refractivity contribution in [2.24, 2.45) is 0 Å². The van der Waals surface area contributed by atoms with Gasteiger partial charge in [0.05, 0.1) is 5.52 Å². The zero-order chi connectivity index (χ0) is 9.54. The van der Waals surface area contributed by atoms with Crippen LogP contribution in [-0.4, -0.2) is 14.5 Å². The number of aromatic nitrogens is 3. The number of rotatable bonds is 0. The third-order valence-electron chi connectivity index (χ3n) is 2.69. The van der Waals surface area contributed by atoms with Crippen molar-refractivity contribution >= 4 is 22.8 Å². The van der Waals surface area contributed by atoms with Crippen LogP contribution in [-0.2, 0) is 13.0 Å². The molecule has 0 bridgehead atoms. The third-order valence-corrected chi connectivity index (χ3v) is 2.90. The molecular formula is C10H10ClN3. The highest BCUT2D eigenvalue weighted by molar-refractivity contribution is 6.29. The molecule has 0 unspecified atom stereocenters. The van der Waals surface area contributed by atoms with E-state index in [1.807, 2.05) is 12.1 Å². The lowest BCUT2D eigenvalue weighted by molar-refractivity contribution is 0.533. The SMILES string of the molecule is Clc1ccc2c(n1)nc1n2CCCC1. The van der Waals surface area contributed by atoms with Crippen molar-refractivity contribution in [1.29, 1.82) is 0 Å². The zero-order valence-electron chi connectivity index (χ0n) is 7.70. The molecule has 0 aromatic carbocycles. The zero-order valence-corrected chi connectivity index (χ0v) is 8.46. The van der Waals surface area contributed by atoms with Crippen molar-refractivity contribution in [2.45, 2.75) is 25.8 Å². The second-order valence-electron chi connectivity index (χ2n) is 3.61.